The number of aromatic nitrogens is 3. The molecule has 23 nitrogen and oxygen atoms in total. The van der Waals surface area contributed by atoms with Crippen LogP contribution in [0.2, 0.25) is 0 Å². The fraction of sp³-hybridized carbons (Fsp3) is 0.559. The zero-order chi connectivity index (χ0) is 65.3. The molecular weight excluding hydrogens is 1190 g/mol. The molecule has 1 aromatic heterocycles. The lowest BCUT2D eigenvalue weighted by molar-refractivity contribution is -0.137. The predicted octanol–water partition coefficient (Wildman–Crippen LogP) is 3.66. The summed E-state index contributed by atoms with van der Waals surface area (Å²) in [7, 11) is -3.99. The van der Waals surface area contributed by atoms with Gasteiger partial charge in [-0.3, -0.25) is 38.3 Å². The molecule has 92 heavy (non-hydrogen) atoms. The molecule has 5 N–H and O–H groups in total. The minimum absolute atomic E-state index is 0.00311. The maximum Gasteiger partial charge on any atom is 0.253 e. The molecule has 10 rings (SSSR count). The van der Waals surface area contributed by atoms with E-state index >= 15 is 0 Å². The van der Waals surface area contributed by atoms with E-state index in [0.717, 1.165) is 121 Å². The van der Waals surface area contributed by atoms with E-state index < -0.39 is 50.6 Å². The van der Waals surface area contributed by atoms with Gasteiger partial charge in [-0.15, -0.1) is 5.10 Å². The van der Waals surface area contributed by atoms with Crippen LogP contribution in [0.25, 0.3) is 5.57 Å². The maximum atomic E-state index is 14.2. The van der Waals surface area contributed by atoms with Gasteiger partial charge in [0.1, 0.15) is 36.1 Å². The van der Waals surface area contributed by atoms with E-state index in [0.29, 0.717) is 18.7 Å². The first kappa shape index (κ1) is 67.2. The van der Waals surface area contributed by atoms with Gasteiger partial charge in [-0.25, -0.2) is 17.7 Å². The average Bonchev–Trinajstić information content (AvgIpc) is 0.790. The zero-order valence-corrected chi connectivity index (χ0v) is 54.6. The molecule has 492 valence electrons. The number of nitriles is 1. The van der Waals surface area contributed by atoms with Crippen LogP contribution in [0.3, 0.4) is 0 Å². The van der Waals surface area contributed by atoms with E-state index in [-0.39, 0.29) is 120 Å². The summed E-state index contributed by atoms with van der Waals surface area (Å²) in [4.78, 5) is 79.8. The SMILES string of the molecule is Cc1cc(S(=O)(=O)NCCn2cc(CNC(=O)C(CC(C)(C#N)CCC(=O)NCCOCCOCCCC(=O)CCN3C(=O)C=CC3=O)CC(C)(C)C(=O)NCC(C)O)nn2)ccc1C1=c2cc3c4c(c2Oc2c1cc1c5c2CCCN5CCC1)CCC[N+]=4CCC3. The number of hydrogen-bond donors (Lipinski definition) is 5. The van der Waals surface area contributed by atoms with Gasteiger partial charge in [-0.05, 0) is 126 Å². The number of aryl methyl sites for hydroxylation is 3. The second kappa shape index (κ2) is 29.5. The number of aliphatic hydroxyl groups is 1. The largest absolute Gasteiger partial charge is 0.455 e. The van der Waals surface area contributed by atoms with Crippen molar-refractivity contribution in [3.63, 3.8) is 0 Å². The third kappa shape index (κ3) is 15.8. The van der Waals surface area contributed by atoms with Crippen molar-refractivity contribution in [3.05, 3.63) is 104 Å². The van der Waals surface area contributed by atoms with E-state index in [9.17, 15) is 47.6 Å². The molecule has 24 heteroatoms. The van der Waals surface area contributed by atoms with Crippen LogP contribution in [0.5, 0.6) is 11.5 Å². The van der Waals surface area contributed by atoms with Gasteiger partial charge in [0.05, 0.1) is 67.2 Å². The van der Waals surface area contributed by atoms with E-state index in [1.165, 1.54) is 50.1 Å². The molecule has 4 aromatic rings. The third-order valence-electron chi connectivity index (χ3n) is 18.5. The van der Waals surface area contributed by atoms with Crippen LogP contribution in [-0.2, 0) is 87.0 Å². The fourth-order valence-electron chi connectivity index (χ4n) is 13.8. The molecule has 0 spiro atoms. The number of Topliss-reactive ketones (excluding diaryl/α,β-unsaturated/α-hetero) is 1. The standard InChI is InChI=1S/C68H87N11O12S/c1-44-35-51(16-17-52(44)60-55-36-46-11-6-25-76-27-8-14-53(61(46)76)63(55)91-64-54-15-9-28-77-26-7-12-47(62(54)77)37-56(60)64)92(87,88)73-23-30-78-42-49(74-75-78)41-71-65(85)48(38-67(3,4)66(86)72-40-45(2)80)39-68(5,43-69)22-20-57(82)70-24-32-90-34-33-89-31-10-13-50(81)21-29-79-58(83)18-19-59(79)84/h16-19,35-37,42,45,48,73,80H,6-15,20-34,38-41H2,1-5H3,(H2-,70,71,72,82,85,86)/p+1. The number of benzene rings is 3. The van der Waals surface area contributed by atoms with Gasteiger partial charge in [-0.1, -0.05) is 25.1 Å². The van der Waals surface area contributed by atoms with Crippen LogP contribution in [-0.4, -0.2) is 154 Å². The Hall–Kier alpha value is -7.69. The Morgan fingerprint density at radius 2 is 1.55 bits per heavy atom. The van der Waals surface area contributed by atoms with Crippen LogP contribution in [0, 0.1) is 35.0 Å². The highest BCUT2D eigenvalue weighted by molar-refractivity contribution is 7.89. The lowest BCUT2D eigenvalue weighted by atomic mass is 9.72. The number of nitrogens with zero attached hydrogens (tertiary/aromatic N) is 7. The van der Waals surface area contributed by atoms with Gasteiger partial charge in [0.25, 0.3) is 11.8 Å². The van der Waals surface area contributed by atoms with Gasteiger partial charge < -0.3 is 40.2 Å². The molecule has 6 aliphatic heterocycles. The lowest BCUT2D eigenvalue weighted by Gasteiger charge is -2.39. The topological polar surface area (TPSA) is 297 Å². The molecule has 0 radical (unpaired) electrons. The second-order valence-electron chi connectivity index (χ2n) is 26.3. The van der Waals surface area contributed by atoms with Crippen molar-refractivity contribution >= 4 is 56.6 Å². The number of nitrogens with one attached hydrogen (secondary N) is 4. The van der Waals surface area contributed by atoms with E-state index in [4.69, 9.17) is 14.2 Å². The van der Waals surface area contributed by atoms with Crippen molar-refractivity contribution in [2.75, 3.05) is 83.7 Å². The summed E-state index contributed by atoms with van der Waals surface area (Å²) in [5.41, 5.74) is 8.74. The number of carbonyl (C=O) groups is 6. The monoisotopic (exact) mass is 1280 g/mol. The van der Waals surface area contributed by atoms with Crippen molar-refractivity contribution in [3.8, 4) is 17.6 Å². The van der Waals surface area contributed by atoms with Gasteiger partial charge >= 0.3 is 0 Å². The second-order valence-corrected chi connectivity index (χ2v) is 28.0. The number of amides is 5. The van der Waals surface area contributed by atoms with Crippen LogP contribution in [0.15, 0.2) is 53.6 Å². The molecule has 3 aromatic carbocycles. The Morgan fingerprint density at radius 1 is 0.826 bits per heavy atom. The summed E-state index contributed by atoms with van der Waals surface area (Å²) in [6.45, 7) is 14.2. The van der Waals surface area contributed by atoms with Gasteiger partial charge in [0, 0.05) is 135 Å². The molecule has 0 saturated heterocycles. The van der Waals surface area contributed by atoms with Crippen molar-refractivity contribution in [2.24, 2.45) is 16.7 Å². The zero-order valence-electron chi connectivity index (χ0n) is 53.8. The Balaban J connectivity index is 0.723. The molecular formula is C68H88N11O12S+. The number of rotatable bonds is 32. The quantitative estimate of drug-likeness (QED) is 0.0233. The number of aliphatic hydroxyl groups excluding tert-OH is 1. The Kier molecular flexibility index (Phi) is 21.6. The number of sulfonamides is 1. The summed E-state index contributed by atoms with van der Waals surface area (Å²) in [5, 5.41) is 39.7. The number of carbonyl (C=O) groups excluding carboxylic acids is 6. The Labute approximate surface area is 538 Å². The summed E-state index contributed by atoms with van der Waals surface area (Å²) in [5.74, 6) is -1.04. The van der Waals surface area contributed by atoms with Crippen LogP contribution >= 0.6 is 0 Å². The first-order chi connectivity index (χ1) is 44.1. The summed E-state index contributed by atoms with van der Waals surface area (Å²) in [6.07, 6.45) is 12.4. The average molecular weight is 1280 g/mol. The van der Waals surface area contributed by atoms with Crippen LogP contribution in [0.1, 0.15) is 143 Å². The van der Waals surface area contributed by atoms with Gasteiger partial charge in [-0.2, -0.15) is 5.26 Å². The Morgan fingerprint density at radius 3 is 2.30 bits per heavy atom. The molecule has 0 fully saturated rings. The highest BCUT2D eigenvalue weighted by atomic mass is 32.2. The minimum Gasteiger partial charge on any atom is -0.455 e. The molecule has 0 bridgehead atoms. The smallest absolute Gasteiger partial charge is 0.253 e. The summed E-state index contributed by atoms with van der Waals surface area (Å²) >= 11 is 0. The molecule has 5 amide bonds. The van der Waals surface area contributed by atoms with Crippen molar-refractivity contribution < 1.29 is 56.5 Å². The summed E-state index contributed by atoms with van der Waals surface area (Å²) in [6, 6.07) is 12.4. The highest BCUT2D eigenvalue weighted by Gasteiger charge is 2.40. The Bertz CT molecular complexity index is 3810. The molecule has 0 saturated carbocycles. The normalized spacial score (nSPS) is 17.0. The molecule has 3 unspecified atom stereocenters. The molecule has 0 aliphatic carbocycles. The van der Waals surface area contributed by atoms with Gasteiger partial charge in [0.15, 0.2) is 0 Å². The van der Waals surface area contributed by atoms with E-state index in [1.807, 2.05) is 13.0 Å². The lowest BCUT2D eigenvalue weighted by Crippen LogP contribution is -2.45. The van der Waals surface area contributed by atoms with Crippen molar-refractivity contribution in [2.45, 2.75) is 155 Å². The molecule has 3 atom stereocenters. The van der Waals surface area contributed by atoms with Crippen LogP contribution in [0.4, 0.5) is 5.69 Å². The predicted molar refractivity (Wildman–Crippen MR) is 342 cm³/mol. The van der Waals surface area contributed by atoms with Crippen molar-refractivity contribution in [1.82, 2.24) is 45.1 Å². The van der Waals surface area contributed by atoms with E-state index in [2.05, 4.69) is 58.7 Å². The van der Waals surface area contributed by atoms with E-state index in [1.54, 1.807) is 46.0 Å². The van der Waals surface area contributed by atoms with Crippen LogP contribution < -0.4 is 45.5 Å². The fourth-order valence-corrected chi connectivity index (χ4v) is 14.9. The number of ether oxygens (including phenoxy) is 3. The number of fused-ring (bicyclic) bond motifs is 4. The number of hydrogen-bond acceptors (Lipinski definition) is 16. The third-order valence-corrected chi connectivity index (χ3v) is 20.0. The van der Waals surface area contributed by atoms with Gasteiger partial charge in [0.2, 0.25) is 33.1 Å². The first-order valence-corrected chi connectivity index (χ1v) is 34.2. The van der Waals surface area contributed by atoms with Crippen molar-refractivity contribution in [1.29, 1.82) is 5.26 Å². The minimum atomic E-state index is -3.99. The number of anilines is 1. The number of imide groups is 1. The first-order valence-electron chi connectivity index (χ1n) is 32.7. The summed E-state index contributed by atoms with van der Waals surface area (Å²) < 4.78 is 53.3. The maximum absolute atomic E-state index is 14.2. The highest BCUT2D eigenvalue weighted by Crippen LogP contribution is 2.49. The number of ketones is 1. The molecule has 7 heterocycles. The molecule has 6 aliphatic rings.